The summed E-state index contributed by atoms with van der Waals surface area (Å²) in [7, 11) is 0. The molecule has 37 nitrogen and oxygen atoms in total. The van der Waals surface area contributed by atoms with Crippen LogP contribution in [0.3, 0.4) is 0 Å². The molecule has 11 atom stereocenters. The maximum atomic E-state index is 13.5. The fraction of sp³-hybridized carbons (Fsp3) is 0.815. The van der Waals surface area contributed by atoms with E-state index in [0.29, 0.717) is 150 Å². The Morgan fingerprint density at radius 3 is 1.18 bits per heavy atom. The van der Waals surface area contributed by atoms with Crippen LogP contribution in [0.15, 0.2) is 24.3 Å². The van der Waals surface area contributed by atoms with E-state index < -0.39 is 123 Å². The number of aliphatic hydroxyl groups excluding tert-OH is 11. The minimum absolute atomic E-state index is 0.0198. The third kappa shape index (κ3) is 48.8. The summed E-state index contributed by atoms with van der Waals surface area (Å²) >= 11 is 0. The molecule has 0 aliphatic rings. The SMILES string of the molecule is CC(C)[C@H](NC(=O)[C@@H](C)CCC(=O)NCCOCCOCCOCCOCCOCCOCCOCCOCCOCCOCCOCCOCCC(=O)NCCN(C[C@H](O)[C@@H](O)[C@H](O)[C@H](O)CO)C[C@H](O)[C@@H](O)[C@H](O)[C@H](O)CO)C(=O)N[C@@H](CCCNC(N)=O)C(=O)Nc1ccc(CO)cc1. The van der Waals surface area contributed by atoms with Crippen molar-refractivity contribution in [3.8, 4) is 0 Å². The van der Waals surface area contributed by atoms with Crippen LogP contribution >= 0.6 is 0 Å². The molecule has 0 unspecified atom stereocenters. The monoisotopic (exact) mass is 1480 g/mol. The number of hydrogen-bond donors (Lipinski definition) is 18. The van der Waals surface area contributed by atoms with Gasteiger partial charge in [-0.05, 0) is 42.9 Å². The van der Waals surface area contributed by atoms with Gasteiger partial charge in [0, 0.05) is 63.7 Å². The highest BCUT2D eigenvalue weighted by Gasteiger charge is 2.35. The fourth-order valence-corrected chi connectivity index (χ4v) is 8.89. The summed E-state index contributed by atoms with van der Waals surface area (Å²) < 4.78 is 66.0. The van der Waals surface area contributed by atoms with Gasteiger partial charge in [-0.1, -0.05) is 32.9 Å². The number of ether oxygens (including phenoxy) is 12. The lowest BCUT2D eigenvalue weighted by Crippen LogP contribution is -2.55. The summed E-state index contributed by atoms with van der Waals surface area (Å²) in [6.07, 6.45) is -14.0. The molecule has 1 aromatic carbocycles. The zero-order chi connectivity index (χ0) is 75.6. The molecule has 0 saturated carbocycles. The Morgan fingerprint density at radius 2 is 0.794 bits per heavy atom. The lowest BCUT2D eigenvalue weighted by Gasteiger charge is -2.33. The van der Waals surface area contributed by atoms with Gasteiger partial charge < -0.3 is 151 Å². The zero-order valence-electron chi connectivity index (χ0n) is 59.4. The van der Waals surface area contributed by atoms with E-state index in [1.807, 2.05) is 0 Å². The van der Waals surface area contributed by atoms with Gasteiger partial charge in [0.15, 0.2) is 0 Å². The molecule has 1 rings (SSSR count). The normalized spacial score (nSPS) is 15.0. The topological polar surface area (TPSA) is 537 Å². The standard InChI is InChI=1S/C65H120N8O29/c1-46(2)57(64(89)71-50(5-4-13-69-65(66)90)63(88)70-49-9-7-48(43-74)8-10-49)72-62(87)47(3)6-11-55(81)68-15-18-92-20-22-94-24-26-96-28-30-98-32-34-100-36-38-102-40-39-101-37-35-99-33-31-97-29-27-95-25-23-93-21-19-91-17-12-56(82)67-14-16-73(41-51(77)58(83)60(85)53(79)44-75)42-52(78)59(84)61(86)54(80)45-76/h7-10,46-47,50-54,57-61,74-80,83-86H,4-6,11-45H2,1-3H3,(H,67,82)(H,68,81)(H,70,88)(H,71,89)(H,72,87)(H3,66,69,90)/t47-,50-,51-,52-,53+,54+,57-,58+,59+,60+,61+/m0/s1. The van der Waals surface area contributed by atoms with Gasteiger partial charge in [-0.2, -0.15) is 0 Å². The number of nitrogens with two attached hydrogens (primary N) is 1. The first-order chi connectivity index (χ1) is 49.1. The Hall–Kier alpha value is -5.12. The van der Waals surface area contributed by atoms with Crippen LogP contribution in [0.1, 0.15) is 58.4 Å². The van der Waals surface area contributed by atoms with E-state index in [-0.39, 0.29) is 96.7 Å². The predicted octanol–water partition coefficient (Wildman–Crippen LogP) is -6.40. The number of amides is 7. The van der Waals surface area contributed by atoms with E-state index >= 15 is 0 Å². The third-order valence-electron chi connectivity index (χ3n) is 14.9. The van der Waals surface area contributed by atoms with Crippen LogP contribution < -0.4 is 37.6 Å². The van der Waals surface area contributed by atoms with E-state index in [1.54, 1.807) is 45.0 Å². The van der Waals surface area contributed by atoms with Crippen LogP contribution in [0.5, 0.6) is 0 Å². The van der Waals surface area contributed by atoms with Crippen LogP contribution in [0.4, 0.5) is 10.5 Å². The smallest absolute Gasteiger partial charge is 0.312 e. The molecular weight excluding hydrogens is 1360 g/mol. The van der Waals surface area contributed by atoms with Crippen molar-refractivity contribution in [2.75, 3.05) is 216 Å². The average molecular weight is 1480 g/mol. The highest BCUT2D eigenvalue weighted by atomic mass is 16.6. The first kappa shape index (κ1) is 94.9. The van der Waals surface area contributed by atoms with Crippen LogP contribution in [-0.4, -0.2) is 369 Å². The molecule has 0 radical (unpaired) electrons. The van der Waals surface area contributed by atoms with Gasteiger partial charge in [-0.3, -0.25) is 28.9 Å². The summed E-state index contributed by atoms with van der Waals surface area (Å²) in [5.41, 5.74) is 6.26. The zero-order valence-corrected chi connectivity index (χ0v) is 59.4. The van der Waals surface area contributed by atoms with E-state index in [2.05, 4.69) is 31.9 Å². The molecule has 0 heterocycles. The number of anilines is 1. The van der Waals surface area contributed by atoms with Crippen LogP contribution in [0.2, 0.25) is 0 Å². The number of carbonyl (C=O) groups excluding carboxylic acids is 6. The fourth-order valence-electron chi connectivity index (χ4n) is 8.89. The van der Waals surface area contributed by atoms with Crippen molar-refractivity contribution in [1.29, 1.82) is 0 Å². The number of rotatable bonds is 69. The summed E-state index contributed by atoms with van der Waals surface area (Å²) in [5, 5.41) is 124. The molecule has 594 valence electrons. The van der Waals surface area contributed by atoms with Gasteiger partial charge in [0.2, 0.25) is 29.5 Å². The summed E-state index contributed by atoms with van der Waals surface area (Å²) in [5.74, 6) is -3.14. The van der Waals surface area contributed by atoms with Gasteiger partial charge in [0.1, 0.15) is 48.7 Å². The average Bonchev–Trinajstić information content (AvgIpc) is 0.869. The molecule has 0 aliphatic heterocycles. The molecule has 19 N–H and O–H groups in total. The van der Waals surface area contributed by atoms with Crippen molar-refractivity contribution in [3.63, 3.8) is 0 Å². The van der Waals surface area contributed by atoms with E-state index in [4.69, 9.17) is 72.8 Å². The Kier molecular flexibility index (Phi) is 57.8. The molecule has 0 aromatic heterocycles. The maximum absolute atomic E-state index is 13.5. The van der Waals surface area contributed by atoms with Crippen LogP contribution in [0.25, 0.3) is 0 Å². The number of carbonyl (C=O) groups is 6. The van der Waals surface area contributed by atoms with Crippen molar-refractivity contribution in [2.45, 2.75) is 120 Å². The number of aliphatic hydroxyl groups is 11. The minimum atomic E-state index is -1.94. The largest absolute Gasteiger partial charge is 0.394 e. The second kappa shape index (κ2) is 62.1. The summed E-state index contributed by atoms with van der Waals surface area (Å²) in [4.78, 5) is 77.3. The highest BCUT2D eigenvalue weighted by Crippen LogP contribution is 2.15. The van der Waals surface area contributed by atoms with Crippen LogP contribution in [0, 0.1) is 11.8 Å². The van der Waals surface area contributed by atoms with E-state index in [0.717, 1.165) is 0 Å². The predicted molar refractivity (Wildman–Crippen MR) is 364 cm³/mol. The first-order valence-corrected chi connectivity index (χ1v) is 34.6. The Bertz CT molecular complexity index is 2250. The molecule has 1 aromatic rings. The third-order valence-corrected chi connectivity index (χ3v) is 14.9. The Morgan fingerprint density at radius 1 is 0.422 bits per heavy atom. The van der Waals surface area contributed by atoms with Crippen molar-refractivity contribution in [2.24, 2.45) is 17.6 Å². The molecule has 0 fully saturated rings. The molecule has 0 bridgehead atoms. The van der Waals surface area contributed by atoms with Crippen molar-refractivity contribution >= 4 is 41.3 Å². The number of nitrogens with one attached hydrogen (secondary N) is 6. The number of benzene rings is 1. The lowest BCUT2D eigenvalue weighted by atomic mass is 9.99. The number of hydrogen-bond acceptors (Lipinski definition) is 30. The van der Waals surface area contributed by atoms with Crippen molar-refractivity contribution < 1.29 is 142 Å². The summed E-state index contributed by atoms with van der Waals surface area (Å²) in [6.45, 7) is 10.9. The molecule has 37 heteroatoms. The second-order valence-corrected chi connectivity index (χ2v) is 23.7. The van der Waals surface area contributed by atoms with Gasteiger partial charge in [0.25, 0.3) is 0 Å². The van der Waals surface area contributed by atoms with Gasteiger partial charge >= 0.3 is 6.03 Å². The second-order valence-electron chi connectivity index (χ2n) is 23.7. The van der Waals surface area contributed by atoms with E-state index in [9.17, 15) is 74.7 Å². The Labute approximate surface area is 596 Å². The van der Waals surface area contributed by atoms with Gasteiger partial charge in [-0.25, -0.2) is 4.79 Å². The number of urea groups is 1. The quantitative estimate of drug-likeness (QED) is 0.0270. The molecule has 0 aliphatic carbocycles. The first-order valence-electron chi connectivity index (χ1n) is 34.6. The molecular formula is C65H120N8O29. The molecule has 0 saturated heterocycles. The Balaban J connectivity index is 1.96. The highest BCUT2D eigenvalue weighted by molar-refractivity contribution is 5.98. The lowest BCUT2D eigenvalue weighted by molar-refractivity contribution is -0.133. The van der Waals surface area contributed by atoms with Crippen molar-refractivity contribution in [1.82, 2.24) is 31.5 Å². The molecule has 7 amide bonds. The molecule has 102 heavy (non-hydrogen) atoms. The van der Waals surface area contributed by atoms with Crippen LogP contribution in [-0.2, 0) is 87.4 Å². The van der Waals surface area contributed by atoms with Gasteiger partial charge in [-0.15, -0.1) is 0 Å². The molecule has 0 spiro atoms. The number of nitrogens with zero attached hydrogens (tertiary/aromatic N) is 1. The maximum Gasteiger partial charge on any atom is 0.312 e. The van der Waals surface area contributed by atoms with Crippen molar-refractivity contribution in [3.05, 3.63) is 29.8 Å². The minimum Gasteiger partial charge on any atom is -0.394 e. The number of primary amides is 1. The van der Waals surface area contributed by atoms with Gasteiger partial charge in [0.05, 0.1) is 191 Å². The summed E-state index contributed by atoms with van der Waals surface area (Å²) in [6, 6.07) is 3.81. The van der Waals surface area contributed by atoms with E-state index in [1.165, 1.54) is 4.90 Å².